The van der Waals surface area contributed by atoms with Crippen molar-refractivity contribution in [1.82, 2.24) is 59.7 Å². The highest BCUT2D eigenvalue weighted by Crippen LogP contribution is 2.31. The van der Waals surface area contributed by atoms with Gasteiger partial charge in [-0.25, -0.2) is 38.3 Å². The van der Waals surface area contributed by atoms with Crippen LogP contribution in [-0.2, 0) is 44.6 Å². The first-order valence-electron chi connectivity index (χ1n) is 24.1. The van der Waals surface area contributed by atoms with Crippen molar-refractivity contribution in [1.29, 1.82) is 0 Å². The van der Waals surface area contributed by atoms with E-state index in [0.29, 0.717) is 103 Å². The second-order valence-corrected chi connectivity index (χ2v) is 25.1. The number of H-pyrrole nitrogens is 1. The Bertz CT molecular complexity index is 3770. The van der Waals surface area contributed by atoms with E-state index >= 15 is 0 Å². The number of hydrogen-bond donors (Lipinski definition) is 3. The van der Waals surface area contributed by atoms with Gasteiger partial charge in [0, 0.05) is 88.6 Å². The normalized spacial score (nSPS) is 14.2. The van der Waals surface area contributed by atoms with E-state index in [0.717, 1.165) is 16.8 Å². The molecule has 0 saturated heterocycles. The van der Waals surface area contributed by atoms with Crippen LogP contribution in [0.4, 0.5) is 8.78 Å². The molecule has 21 nitrogen and oxygen atoms in total. The number of methoxy groups -OCH3 is 2. The molecule has 24 heteroatoms. The standard InChI is InChI=1S/C29H34FN7O4Si.C23H20FN7O3/c1-17(22-11-18(13-31-22)29(39)40-3)33-28(38)21-15-37(16-41-9-10-42(4,5)6)27-26(21)34-23(14-32-27)25-20-8-7-19(30)12-24(20)36(2)35-25;1-11(16-6-12(8-25-16)23(33)34-3)28-22(32)15-9-26-21-20(15)29-17(10-27-21)19-14-5-4-13(24)7-18(14)31(2)30-19/h7-8,12-15,17H,9-11,16H2,1-6H3,(H,33,38);4-5,7-11H,6H2,1-3H3,(H,26,27)(H,28,32)/t17-;11-/m00/s1. The average molecular weight is 1050 g/mol. The Morgan fingerprint density at radius 2 is 1.25 bits per heavy atom. The minimum atomic E-state index is -1.28. The van der Waals surface area contributed by atoms with E-state index in [1.807, 2.05) is 0 Å². The Morgan fingerprint density at radius 1 is 0.737 bits per heavy atom. The number of aromatic nitrogens is 10. The summed E-state index contributed by atoms with van der Waals surface area (Å²) in [5, 5.41) is 16.3. The molecule has 0 unspecified atom stereocenters. The second kappa shape index (κ2) is 21.3. The van der Waals surface area contributed by atoms with Gasteiger partial charge in [0.05, 0.1) is 72.0 Å². The number of nitrogens with zero attached hydrogens (tertiary/aromatic N) is 11. The summed E-state index contributed by atoms with van der Waals surface area (Å²) in [6.07, 6.45) is 9.90. The van der Waals surface area contributed by atoms with Gasteiger partial charge in [-0.15, -0.1) is 0 Å². The lowest BCUT2D eigenvalue weighted by Gasteiger charge is -2.15. The van der Waals surface area contributed by atoms with Gasteiger partial charge in [0.25, 0.3) is 11.8 Å². The minimum Gasteiger partial charge on any atom is -0.466 e. The largest absolute Gasteiger partial charge is 0.466 e. The molecule has 0 fully saturated rings. The molecule has 2 aromatic carbocycles. The number of hydrogen-bond acceptors (Lipinski definition) is 15. The highest BCUT2D eigenvalue weighted by molar-refractivity contribution is 6.76. The summed E-state index contributed by atoms with van der Waals surface area (Å²) in [6.45, 7) is 11.3. The number of halogens is 2. The van der Waals surface area contributed by atoms with Crippen molar-refractivity contribution in [2.24, 2.45) is 24.1 Å². The van der Waals surface area contributed by atoms with Crippen LogP contribution in [0.3, 0.4) is 0 Å². The van der Waals surface area contributed by atoms with Gasteiger partial charge in [-0.3, -0.25) is 28.9 Å². The fourth-order valence-corrected chi connectivity index (χ4v) is 9.40. The van der Waals surface area contributed by atoms with Crippen LogP contribution in [0.2, 0.25) is 25.7 Å². The number of aryl methyl sites for hydroxylation is 2. The first-order chi connectivity index (χ1) is 36.3. The van der Waals surface area contributed by atoms with Gasteiger partial charge in [0.2, 0.25) is 0 Å². The highest BCUT2D eigenvalue weighted by atomic mass is 28.3. The molecule has 0 spiro atoms. The van der Waals surface area contributed by atoms with E-state index in [4.69, 9.17) is 19.2 Å². The summed E-state index contributed by atoms with van der Waals surface area (Å²) >= 11 is 0. The van der Waals surface area contributed by atoms with Crippen molar-refractivity contribution in [3.63, 3.8) is 0 Å². The van der Waals surface area contributed by atoms with Crippen molar-refractivity contribution >= 4 is 87.4 Å². The molecule has 8 aromatic rings. The van der Waals surface area contributed by atoms with Gasteiger partial charge in [-0.1, -0.05) is 19.6 Å². The number of carbonyl (C=O) groups excluding carboxylic acids is 4. The van der Waals surface area contributed by atoms with E-state index in [2.05, 4.69) is 70.4 Å². The summed E-state index contributed by atoms with van der Waals surface area (Å²) < 4.78 is 48.0. The number of ether oxygens (including phenoxy) is 3. The fourth-order valence-electron chi connectivity index (χ4n) is 8.64. The third-order valence-electron chi connectivity index (χ3n) is 12.9. The Labute approximate surface area is 434 Å². The Kier molecular flexibility index (Phi) is 14.6. The third kappa shape index (κ3) is 10.8. The Morgan fingerprint density at radius 3 is 1.78 bits per heavy atom. The summed E-state index contributed by atoms with van der Waals surface area (Å²) in [7, 11) is 4.80. The van der Waals surface area contributed by atoms with E-state index in [9.17, 15) is 28.0 Å². The lowest BCUT2D eigenvalue weighted by molar-refractivity contribution is -0.137. The molecule has 2 amide bonds. The molecule has 2 aliphatic heterocycles. The molecule has 8 heterocycles. The van der Waals surface area contributed by atoms with Crippen LogP contribution in [0, 0.1) is 11.6 Å². The number of aliphatic imine (C=N–C) groups is 2. The number of aromatic amines is 1. The number of benzene rings is 2. The van der Waals surface area contributed by atoms with Gasteiger partial charge >= 0.3 is 11.9 Å². The molecule has 0 aliphatic carbocycles. The SMILES string of the molecule is COC(=O)C1=CN=C([C@H](C)NC(=O)c2c[nH]c3ncc(-c4nn(C)c5cc(F)ccc45)nc23)C1.COC(=O)C1=CN=C([C@H](C)NC(=O)c2cn(COCC[Si](C)(C)C)c3ncc(-c4nn(C)c5cc(F)ccc45)nc23)C1. The highest BCUT2D eigenvalue weighted by Gasteiger charge is 2.28. The number of amides is 2. The number of nitrogens with one attached hydrogen (secondary N) is 3. The van der Waals surface area contributed by atoms with Crippen LogP contribution in [0.5, 0.6) is 0 Å². The molecular weight excluding hydrogens is 999 g/mol. The smallest absolute Gasteiger partial charge is 0.335 e. The van der Waals surface area contributed by atoms with Crippen LogP contribution < -0.4 is 10.6 Å². The number of esters is 2. The summed E-state index contributed by atoms with van der Waals surface area (Å²) in [4.78, 5) is 80.3. The molecule has 0 saturated carbocycles. The lowest BCUT2D eigenvalue weighted by atomic mass is 10.1. The van der Waals surface area contributed by atoms with Crippen molar-refractivity contribution in [2.75, 3.05) is 20.8 Å². The summed E-state index contributed by atoms with van der Waals surface area (Å²) in [6, 6.07) is 9.00. The predicted octanol–water partition coefficient (Wildman–Crippen LogP) is 7.13. The molecule has 0 radical (unpaired) electrons. The average Bonchev–Trinajstić information content (AvgIpc) is 4.29. The topological polar surface area (TPSA) is 253 Å². The van der Waals surface area contributed by atoms with Crippen molar-refractivity contribution in [3.8, 4) is 22.8 Å². The van der Waals surface area contributed by atoms with E-state index in [-0.39, 0.29) is 36.6 Å². The van der Waals surface area contributed by atoms with Gasteiger partial charge in [0.1, 0.15) is 52.2 Å². The molecule has 2 aliphatic rings. The van der Waals surface area contributed by atoms with E-state index < -0.39 is 32.1 Å². The molecule has 3 N–H and O–H groups in total. The van der Waals surface area contributed by atoms with Gasteiger partial charge < -0.3 is 34.4 Å². The molecule has 6 aromatic heterocycles. The third-order valence-corrected chi connectivity index (χ3v) is 14.6. The zero-order valence-corrected chi connectivity index (χ0v) is 44.2. The predicted molar refractivity (Wildman–Crippen MR) is 283 cm³/mol. The Balaban J connectivity index is 0.000000190. The second-order valence-electron chi connectivity index (χ2n) is 19.5. The fraction of sp³-hybridized carbons (Fsp3) is 0.308. The van der Waals surface area contributed by atoms with Crippen LogP contribution >= 0.6 is 0 Å². The van der Waals surface area contributed by atoms with Crippen molar-refractivity contribution < 1.29 is 42.2 Å². The zero-order valence-electron chi connectivity index (χ0n) is 43.2. The molecule has 2 atom stereocenters. The number of carbonyl (C=O) groups is 4. The van der Waals surface area contributed by atoms with Crippen molar-refractivity contribution in [3.05, 3.63) is 107 Å². The minimum absolute atomic E-state index is 0.211. The maximum Gasteiger partial charge on any atom is 0.335 e. The number of rotatable bonds is 15. The van der Waals surface area contributed by atoms with Crippen LogP contribution in [0.25, 0.3) is 66.9 Å². The summed E-state index contributed by atoms with van der Waals surface area (Å²) in [5.74, 6) is -2.35. The zero-order chi connectivity index (χ0) is 54.2. The quantitative estimate of drug-likeness (QED) is 0.0526. The van der Waals surface area contributed by atoms with Gasteiger partial charge in [0.15, 0.2) is 11.3 Å². The van der Waals surface area contributed by atoms with Crippen LogP contribution in [0.1, 0.15) is 47.4 Å². The van der Waals surface area contributed by atoms with Crippen LogP contribution in [-0.4, -0.2) is 125 Å². The Hall–Kier alpha value is -8.64. The maximum absolute atomic E-state index is 13.9. The monoisotopic (exact) mass is 1050 g/mol. The molecule has 0 bridgehead atoms. The molecule has 10 rings (SSSR count). The maximum atomic E-state index is 13.9. The first kappa shape index (κ1) is 52.2. The molecule has 76 heavy (non-hydrogen) atoms. The lowest BCUT2D eigenvalue weighted by Crippen LogP contribution is -2.38. The van der Waals surface area contributed by atoms with Gasteiger partial charge in [-0.2, -0.15) is 10.2 Å². The van der Waals surface area contributed by atoms with E-state index in [1.54, 1.807) is 72.6 Å². The first-order valence-corrected chi connectivity index (χ1v) is 27.8. The molecule has 392 valence electrons. The van der Waals surface area contributed by atoms with Gasteiger partial charge in [-0.05, 0) is 56.3 Å². The number of fused-ring (bicyclic) bond motifs is 4. The summed E-state index contributed by atoms with van der Waals surface area (Å²) in [5.41, 5.74) is 7.67. The van der Waals surface area contributed by atoms with Crippen molar-refractivity contribution in [2.45, 2.75) is 71.2 Å². The van der Waals surface area contributed by atoms with E-state index in [1.165, 1.54) is 57.1 Å². The molecular formula is C52H54F2N14O7Si. The van der Waals surface area contributed by atoms with Crippen LogP contribution in [0.15, 0.2) is 94.7 Å².